The fourth-order valence-electron chi connectivity index (χ4n) is 2.49. The van der Waals surface area contributed by atoms with Gasteiger partial charge in [-0.1, -0.05) is 18.2 Å². The Kier molecular flexibility index (Phi) is 5.18. The van der Waals surface area contributed by atoms with Gasteiger partial charge in [-0.15, -0.1) is 0 Å². The van der Waals surface area contributed by atoms with Crippen LogP contribution in [0.4, 0.5) is 0 Å². The van der Waals surface area contributed by atoms with Gasteiger partial charge in [0.15, 0.2) is 0 Å². The van der Waals surface area contributed by atoms with E-state index < -0.39 is 18.9 Å². The second-order valence-corrected chi connectivity index (χ2v) is 7.27. The summed E-state index contributed by atoms with van der Waals surface area (Å²) < 4.78 is 28.6. The molecule has 2 heterocycles. The van der Waals surface area contributed by atoms with Crippen LogP contribution in [-0.2, 0) is 13.6 Å². The zero-order chi connectivity index (χ0) is 18.7. The zero-order valence-corrected chi connectivity index (χ0v) is 15.1. The van der Waals surface area contributed by atoms with E-state index in [4.69, 9.17) is 13.5 Å². The zero-order valence-electron chi connectivity index (χ0n) is 14.2. The molecule has 136 valence electrons. The van der Waals surface area contributed by atoms with Gasteiger partial charge in [0.25, 0.3) is 0 Å². The minimum atomic E-state index is -3.74. The minimum absolute atomic E-state index is 0.0304. The summed E-state index contributed by atoms with van der Waals surface area (Å²) in [7, 11) is -3.74. The molecule has 0 spiro atoms. The van der Waals surface area contributed by atoms with Crippen molar-refractivity contribution in [3.05, 3.63) is 57.3 Å². The molecule has 2 aromatic heterocycles. The van der Waals surface area contributed by atoms with E-state index in [9.17, 15) is 14.2 Å². The Morgan fingerprint density at radius 2 is 1.81 bits per heavy atom. The topological polar surface area (TPSA) is 111 Å². The van der Waals surface area contributed by atoms with E-state index in [1.54, 1.807) is 44.2 Å². The predicted molar refractivity (Wildman–Crippen MR) is 96.8 cm³/mol. The van der Waals surface area contributed by atoms with Crippen LogP contribution in [-0.4, -0.2) is 23.2 Å². The normalized spacial score (nSPS) is 11.8. The molecule has 0 bridgehead atoms. The predicted octanol–water partition coefficient (Wildman–Crippen LogP) is 2.43. The van der Waals surface area contributed by atoms with E-state index in [0.717, 1.165) is 0 Å². The van der Waals surface area contributed by atoms with Gasteiger partial charge in [-0.25, -0.2) is 9.59 Å². The molecule has 0 aliphatic carbocycles. The molecule has 8 nitrogen and oxygen atoms in total. The fraction of sp³-hybridized carbons (Fsp3) is 0.235. The number of rotatable bonds is 6. The summed E-state index contributed by atoms with van der Waals surface area (Å²) >= 11 is 0. The Balaban J connectivity index is 2.20. The monoisotopic (exact) mass is 376 g/mol. The Hall–Kier alpha value is -2.54. The second kappa shape index (κ2) is 7.37. The first-order valence-electron chi connectivity index (χ1n) is 8.01. The third-order valence-electron chi connectivity index (χ3n) is 3.54. The SMILES string of the molecule is CCOP(=O)(OCC)c1cc(-c2cc3ccccc3oc2=O)nc(=O)[nH]1. The Labute approximate surface area is 148 Å². The van der Waals surface area contributed by atoms with Crippen molar-refractivity contribution in [1.82, 2.24) is 9.97 Å². The summed E-state index contributed by atoms with van der Waals surface area (Å²) in [5.74, 6) is 0. The van der Waals surface area contributed by atoms with Crippen molar-refractivity contribution in [3.63, 3.8) is 0 Å². The number of H-pyrrole nitrogens is 1. The number of aromatic nitrogens is 2. The highest BCUT2D eigenvalue weighted by Gasteiger charge is 2.29. The lowest BCUT2D eigenvalue weighted by molar-refractivity contribution is 0.229. The largest absolute Gasteiger partial charge is 0.422 e. The molecule has 3 rings (SSSR count). The van der Waals surface area contributed by atoms with Gasteiger partial charge in [-0.3, -0.25) is 9.55 Å². The van der Waals surface area contributed by atoms with Crippen molar-refractivity contribution in [2.45, 2.75) is 13.8 Å². The van der Waals surface area contributed by atoms with Crippen LogP contribution in [0, 0.1) is 0 Å². The van der Waals surface area contributed by atoms with Crippen molar-refractivity contribution in [2.24, 2.45) is 0 Å². The van der Waals surface area contributed by atoms with Crippen LogP contribution >= 0.6 is 7.60 Å². The molecular formula is C17H17N2O6P. The highest BCUT2D eigenvalue weighted by atomic mass is 31.2. The number of nitrogens with zero attached hydrogens (tertiary/aromatic N) is 1. The number of fused-ring (bicyclic) bond motifs is 1. The van der Waals surface area contributed by atoms with Gasteiger partial charge in [-0.2, -0.15) is 4.98 Å². The van der Waals surface area contributed by atoms with E-state index in [0.29, 0.717) is 11.0 Å². The molecule has 26 heavy (non-hydrogen) atoms. The first-order valence-corrected chi connectivity index (χ1v) is 9.55. The average Bonchev–Trinajstić information content (AvgIpc) is 2.61. The van der Waals surface area contributed by atoms with Crippen LogP contribution in [0.25, 0.3) is 22.2 Å². The molecule has 0 radical (unpaired) electrons. The second-order valence-electron chi connectivity index (χ2n) is 5.28. The quantitative estimate of drug-likeness (QED) is 0.519. The molecule has 0 saturated heterocycles. The smallest absolute Gasteiger partial charge is 0.377 e. The maximum atomic E-state index is 12.9. The maximum absolute atomic E-state index is 12.9. The summed E-state index contributed by atoms with van der Waals surface area (Å²) in [5.41, 5.74) is -0.969. The van der Waals surface area contributed by atoms with Gasteiger partial charge in [0.1, 0.15) is 11.0 Å². The van der Waals surface area contributed by atoms with Crippen molar-refractivity contribution < 1.29 is 18.0 Å². The summed E-state index contributed by atoms with van der Waals surface area (Å²) in [6.45, 7) is 3.55. The molecule has 0 unspecified atom stereocenters. The number of para-hydroxylation sites is 1. The van der Waals surface area contributed by atoms with Crippen molar-refractivity contribution in [2.75, 3.05) is 13.2 Å². The molecule has 3 aromatic rings. The molecular weight excluding hydrogens is 359 g/mol. The lowest BCUT2D eigenvalue weighted by Crippen LogP contribution is -2.25. The van der Waals surface area contributed by atoms with E-state index in [1.807, 2.05) is 0 Å². The van der Waals surface area contributed by atoms with Crippen LogP contribution in [0.2, 0.25) is 0 Å². The van der Waals surface area contributed by atoms with Crippen LogP contribution < -0.4 is 16.8 Å². The first-order chi connectivity index (χ1) is 12.5. The third-order valence-corrected chi connectivity index (χ3v) is 5.57. The molecule has 0 aliphatic heterocycles. The van der Waals surface area contributed by atoms with E-state index in [1.165, 1.54) is 6.07 Å². The standard InChI is InChI=1S/C17H17N2O6P/c1-3-23-26(22,24-4-2)15-10-13(18-17(21)19-15)12-9-11-7-5-6-8-14(11)25-16(12)20/h5-10H,3-4H2,1-2H3,(H,18,19,21). The molecule has 0 atom stereocenters. The van der Waals surface area contributed by atoms with E-state index in [2.05, 4.69) is 9.97 Å². The van der Waals surface area contributed by atoms with Gasteiger partial charge in [-0.05, 0) is 32.0 Å². The molecule has 0 saturated carbocycles. The third kappa shape index (κ3) is 3.53. The highest BCUT2D eigenvalue weighted by Crippen LogP contribution is 2.46. The highest BCUT2D eigenvalue weighted by molar-refractivity contribution is 7.61. The Bertz CT molecular complexity index is 1090. The van der Waals surface area contributed by atoms with Gasteiger partial charge in [0.05, 0.1) is 24.5 Å². The number of benzene rings is 1. The van der Waals surface area contributed by atoms with Gasteiger partial charge in [0.2, 0.25) is 0 Å². The molecule has 9 heteroatoms. The van der Waals surface area contributed by atoms with Crippen molar-refractivity contribution in [1.29, 1.82) is 0 Å². The number of aromatic amines is 1. The minimum Gasteiger partial charge on any atom is -0.422 e. The number of hydrogen-bond acceptors (Lipinski definition) is 7. The average molecular weight is 376 g/mol. The number of hydrogen-bond donors (Lipinski definition) is 1. The Morgan fingerprint density at radius 3 is 2.50 bits per heavy atom. The van der Waals surface area contributed by atoms with Crippen molar-refractivity contribution >= 4 is 24.0 Å². The molecule has 0 amide bonds. The van der Waals surface area contributed by atoms with Gasteiger partial charge in [0, 0.05) is 5.39 Å². The van der Waals surface area contributed by atoms with Gasteiger partial charge >= 0.3 is 18.9 Å². The fourth-order valence-corrected chi connectivity index (χ4v) is 4.03. The van der Waals surface area contributed by atoms with Crippen LogP contribution in [0.1, 0.15) is 13.8 Å². The summed E-state index contributed by atoms with van der Waals surface area (Å²) in [6.07, 6.45) is 0. The first kappa shape index (κ1) is 18.3. The molecule has 1 aromatic carbocycles. The summed E-state index contributed by atoms with van der Waals surface area (Å²) in [6, 6.07) is 9.85. The lowest BCUT2D eigenvalue weighted by Gasteiger charge is -2.16. The molecule has 1 N–H and O–H groups in total. The molecule has 0 fully saturated rings. The molecule has 0 aliphatic rings. The van der Waals surface area contributed by atoms with E-state index in [-0.39, 0.29) is 29.9 Å². The van der Waals surface area contributed by atoms with Crippen LogP contribution in [0.5, 0.6) is 0 Å². The van der Waals surface area contributed by atoms with Gasteiger partial charge < -0.3 is 13.5 Å². The van der Waals surface area contributed by atoms with E-state index >= 15 is 0 Å². The summed E-state index contributed by atoms with van der Waals surface area (Å²) in [4.78, 5) is 30.5. The summed E-state index contributed by atoms with van der Waals surface area (Å²) in [5, 5.41) is 0.670. The Morgan fingerprint density at radius 1 is 1.12 bits per heavy atom. The lowest BCUT2D eigenvalue weighted by atomic mass is 10.1. The van der Waals surface area contributed by atoms with Crippen molar-refractivity contribution in [3.8, 4) is 11.3 Å². The number of nitrogens with one attached hydrogen (secondary N) is 1. The maximum Gasteiger partial charge on any atom is 0.377 e. The van der Waals surface area contributed by atoms with Crippen LogP contribution in [0.3, 0.4) is 0 Å². The van der Waals surface area contributed by atoms with Crippen LogP contribution in [0.15, 0.2) is 50.4 Å².